The smallest absolute Gasteiger partial charge is 0.130 e. The van der Waals surface area contributed by atoms with Crippen LogP contribution in [0.3, 0.4) is 0 Å². The molecule has 0 spiro atoms. The monoisotopic (exact) mass is 293 g/mol. The molecule has 20 heavy (non-hydrogen) atoms. The van der Waals surface area contributed by atoms with Gasteiger partial charge in [0.2, 0.25) is 0 Å². The number of nitrogens with one attached hydrogen (secondary N) is 1. The van der Waals surface area contributed by atoms with Crippen molar-refractivity contribution in [2.75, 3.05) is 26.2 Å². The molecule has 3 nitrogen and oxygen atoms in total. The first-order chi connectivity index (χ1) is 9.42. The van der Waals surface area contributed by atoms with Gasteiger partial charge in [-0.1, -0.05) is 34.6 Å². The van der Waals surface area contributed by atoms with Crippen molar-refractivity contribution in [1.29, 1.82) is 5.26 Å². The summed E-state index contributed by atoms with van der Waals surface area (Å²) in [4.78, 5) is 4.81. The van der Waals surface area contributed by atoms with Crippen molar-refractivity contribution in [1.82, 2.24) is 10.2 Å². The minimum Gasteiger partial charge on any atom is -0.303 e. The summed E-state index contributed by atoms with van der Waals surface area (Å²) < 4.78 is 0. The highest BCUT2D eigenvalue weighted by Crippen LogP contribution is 2.32. The Kier molecular flexibility index (Phi) is 6.67. The molecule has 1 unspecified atom stereocenters. The van der Waals surface area contributed by atoms with Crippen LogP contribution in [0.25, 0.3) is 0 Å². The van der Waals surface area contributed by atoms with E-state index in [9.17, 15) is 5.26 Å². The minimum absolute atomic E-state index is 0.157. The predicted octanol–water partition coefficient (Wildman–Crippen LogP) is 3.54. The third kappa shape index (κ3) is 4.90. The highest BCUT2D eigenvalue weighted by Gasteiger charge is 2.19. The summed E-state index contributed by atoms with van der Waals surface area (Å²) in [6, 6.07) is 6.42. The summed E-state index contributed by atoms with van der Waals surface area (Å²) in [5.41, 5.74) is 0.157. The molecule has 0 bridgehead atoms. The minimum atomic E-state index is -0.188. The maximum Gasteiger partial charge on any atom is 0.130 e. The van der Waals surface area contributed by atoms with Crippen molar-refractivity contribution < 1.29 is 0 Å². The second kappa shape index (κ2) is 7.78. The predicted molar refractivity (Wildman–Crippen MR) is 87.2 cm³/mol. The van der Waals surface area contributed by atoms with Crippen LogP contribution in [0.2, 0.25) is 0 Å². The quantitative estimate of drug-likeness (QED) is 0.835. The molecule has 0 radical (unpaired) electrons. The standard InChI is InChI=1S/C16H27N3S/c1-6-19(7-2)11-10-18-13(12-17)14-8-9-15(20-14)16(3,4)5/h8-9,13,18H,6-7,10-11H2,1-5H3. The van der Waals surface area contributed by atoms with E-state index in [0.29, 0.717) is 0 Å². The third-order valence-corrected chi connectivity index (χ3v) is 5.03. The zero-order chi connectivity index (χ0) is 15.2. The molecule has 4 heteroatoms. The Morgan fingerprint density at radius 3 is 2.40 bits per heavy atom. The lowest BCUT2D eigenvalue weighted by atomic mass is 9.95. The van der Waals surface area contributed by atoms with E-state index in [-0.39, 0.29) is 11.5 Å². The Bertz CT molecular complexity index is 435. The summed E-state index contributed by atoms with van der Waals surface area (Å²) in [5.74, 6) is 0. The Morgan fingerprint density at radius 2 is 1.95 bits per heavy atom. The number of thiophene rings is 1. The van der Waals surface area contributed by atoms with Crippen LogP contribution in [-0.2, 0) is 5.41 Å². The fourth-order valence-corrected chi connectivity index (χ4v) is 3.11. The van der Waals surface area contributed by atoms with E-state index in [0.717, 1.165) is 31.1 Å². The largest absolute Gasteiger partial charge is 0.303 e. The van der Waals surface area contributed by atoms with Crippen LogP contribution in [-0.4, -0.2) is 31.1 Å². The van der Waals surface area contributed by atoms with Crippen LogP contribution in [0.5, 0.6) is 0 Å². The van der Waals surface area contributed by atoms with Crippen molar-refractivity contribution in [3.05, 3.63) is 21.9 Å². The topological polar surface area (TPSA) is 39.1 Å². The van der Waals surface area contributed by atoms with Crippen LogP contribution in [0, 0.1) is 11.3 Å². The fraction of sp³-hybridized carbons (Fsp3) is 0.688. The first kappa shape index (κ1) is 17.2. The average Bonchev–Trinajstić information content (AvgIpc) is 2.88. The fourth-order valence-electron chi connectivity index (χ4n) is 2.03. The van der Waals surface area contributed by atoms with Gasteiger partial charge in [-0.2, -0.15) is 5.26 Å². The van der Waals surface area contributed by atoms with Gasteiger partial charge in [0.1, 0.15) is 6.04 Å². The zero-order valence-corrected chi connectivity index (χ0v) is 14.2. The Balaban J connectivity index is 2.59. The van der Waals surface area contributed by atoms with Gasteiger partial charge in [0.05, 0.1) is 6.07 Å². The molecule has 1 atom stereocenters. The zero-order valence-electron chi connectivity index (χ0n) is 13.4. The van der Waals surface area contributed by atoms with Crippen molar-refractivity contribution in [3.8, 4) is 6.07 Å². The van der Waals surface area contributed by atoms with Gasteiger partial charge in [-0.15, -0.1) is 11.3 Å². The Hall–Kier alpha value is -0.890. The Morgan fingerprint density at radius 1 is 1.30 bits per heavy atom. The Labute approximate surface area is 127 Å². The van der Waals surface area contributed by atoms with Gasteiger partial charge in [-0.3, -0.25) is 5.32 Å². The van der Waals surface area contributed by atoms with Crippen LogP contribution in [0.1, 0.15) is 50.4 Å². The second-order valence-corrected chi connectivity index (χ2v) is 7.11. The summed E-state index contributed by atoms with van der Waals surface area (Å²) in [6.45, 7) is 14.9. The molecule has 112 valence electrons. The van der Waals surface area contributed by atoms with Crippen molar-refractivity contribution >= 4 is 11.3 Å². The SMILES string of the molecule is CCN(CC)CCNC(C#N)c1ccc(C(C)(C)C)s1. The number of nitrogens with zero attached hydrogens (tertiary/aromatic N) is 2. The van der Waals surface area contributed by atoms with Gasteiger partial charge in [0, 0.05) is 22.8 Å². The average molecular weight is 293 g/mol. The molecule has 0 saturated carbocycles. The molecule has 1 rings (SSSR count). The molecule has 0 aliphatic heterocycles. The van der Waals surface area contributed by atoms with Gasteiger partial charge in [0.15, 0.2) is 0 Å². The molecule has 1 heterocycles. The molecule has 0 fully saturated rings. The summed E-state index contributed by atoms with van der Waals surface area (Å²) >= 11 is 1.74. The van der Waals surface area contributed by atoms with Gasteiger partial charge < -0.3 is 4.90 Å². The van der Waals surface area contributed by atoms with Crippen LogP contribution in [0.4, 0.5) is 0 Å². The molecule has 0 amide bonds. The summed E-state index contributed by atoms with van der Waals surface area (Å²) in [7, 11) is 0. The second-order valence-electron chi connectivity index (χ2n) is 6.00. The van der Waals surface area contributed by atoms with Gasteiger partial charge >= 0.3 is 0 Å². The van der Waals surface area contributed by atoms with Gasteiger partial charge in [-0.25, -0.2) is 0 Å². The number of nitriles is 1. The van der Waals surface area contributed by atoms with Gasteiger partial charge in [0.25, 0.3) is 0 Å². The van der Waals surface area contributed by atoms with Crippen molar-refractivity contribution in [2.45, 2.75) is 46.1 Å². The lowest BCUT2D eigenvalue weighted by molar-refractivity contribution is 0.300. The van der Waals surface area contributed by atoms with E-state index in [1.165, 1.54) is 4.88 Å². The number of rotatable bonds is 7. The summed E-state index contributed by atoms with van der Waals surface area (Å²) in [5, 5.41) is 12.7. The molecule has 0 aliphatic carbocycles. The highest BCUT2D eigenvalue weighted by atomic mass is 32.1. The van der Waals surface area contributed by atoms with E-state index in [2.05, 4.69) is 63.0 Å². The maximum absolute atomic E-state index is 9.35. The molecule has 1 aromatic rings. The van der Waals surface area contributed by atoms with Crippen molar-refractivity contribution in [2.24, 2.45) is 0 Å². The van der Waals surface area contributed by atoms with E-state index in [1.807, 2.05) is 0 Å². The maximum atomic E-state index is 9.35. The molecular formula is C16H27N3S. The summed E-state index contributed by atoms with van der Waals surface area (Å²) in [6.07, 6.45) is 0. The number of likely N-dealkylation sites (N-methyl/N-ethyl adjacent to an activating group) is 1. The molecular weight excluding hydrogens is 266 g/mol. The van der Waals surface area contributed by atoms with Crippen LogP contribution in [0.15, 0.2) is 12.1 Å². The molecule has 0 aromatic carbocycles. The third-order valence-electron chi connectivity index (χ3n) is 3.45. The lowest BCUT2D eigenvalue weighted by Crippen LogP contribution is -2.33. The van der Waals surface area contributed by atoms with E-state index < -0.39 is 0 Å². The molecule has 0 aliphatic rings. The van der Waals surface area contributed by atoms with E-state index in [4.69, 9.17) is 0 Å². The first-order valence-electron chi connectivity index (χ1n) is 7.38. The number of hydrogen-bond acceptors (Lipinski definition) is 4. The van der Waals surface area contributed by atoms with E-state index >= 15 is 0 Å². The lowest BCUT2D eigenvalue weighted by Gasteiger charge is -2.19. The van der Waals surface area contributed by atoms with E-state index in [1.54, 1.807) is 11.3 Å². The first-order valence-corrected chi connectivity index (χ1v) is 8.19. The number of hydrogen-bond donors (Lipinski definition) is 1. The molecule has 1 N–H and O–H groups in total. The van der Waals surface area contributed by atoms with Crippen LogP contribution >= 0.6 is 11.3 Å². The molecule has 1 aromatic heterocycles. The van der Waals surface area contributed by atoms with Gasteiger partial charge in [-0.05, 0) is 30.6 Å². The van der Waals surface area contributed by atoms with Crippen molar-refractivity contribution in [3.63, 3.8) is 0 Å². The van der Waals surface area contributed by atoms with Crippen LogP contribution < -0.4 is 5.32 Å². The molecule has 0 saturated heterocycles. The normalized spacial score (nSPS) is 13.4. The highest BCUT2D eigenvalue weighted by molar-refractivity contribution is 7.12.